The van der Waals surface area contributed by atoms with Crippen molar-refractivity contribution in [2.45, 2.75) is 41.5 Å². The van der Waals surface area contributed by atoms with Crippen LogP contribution in [0.4, 0.5) is 11.4 Å². The smallest absolute Gasteiger partial charge is 0.0841 e. The number of aliphatic imine (C=N–C) groups is 2. The molecule has 0 spiro atoms. The Morgan fingerprint density at radius 3 is 1.25 bits per heavy atom. The summed E-state index contributed by atoms with van der Waals surface area (Å²) in [6.07, 6.45) is 3.59. The zero-order valence-electron chi connectivity index (χ0n) is 17.4. The van der Waals surface area contributed by atoms with Gasteiger partial charge in [-0.05, 0) is 88.1 Å². The van der Waals surface area contributed by atoms with Gasteiger partial charge in [0, 0.05) is 12.4 Å². The van der Waals surface area contributed by atoms with Crippen molar-refractivity contribution in [3.63, 3.8) is 0 Å². The maximum Gasteiger partial charge on any atom is 0.0841 e. The first-order valence-electron chi connectivity index (χ1n) is 9.44. The van der Waals surface area contributed by atoms with E-state index in [2.05, 4.69) is 37.7 Å². The Labute approximate surface area is 167 Å². The van der Waals surface area contributed by atoms with Gasteiger partial charge in [0.15, 0.2) is 0 Å². The molecule has 3 rings (SSSR count). The minimum Gasteiger partial charge on any atom is -0.255 e. The normalized spacial score (nSPS) is 12.4. The van der Waals surface area contributed by atoms with E-state index in [4.69, 9.17) is 9.98 Å². The number of pyridine rings is 2. The number of benzene rings is 1. The molecule has 2 heterocycles. The molecule has 0 saturated heterocycles. The largest absolute Gasteiger partial charge is 0.255 e. The van der Waals surface area contributed by atoms with Crippen molar-refractivity contribution in [3.05, 3.63) is 82.4 Å². The van der Waals surface area contributed by atoms with Gasteiger partial charge in [0.05, 0.1) is 34.2 Å². The Kier molecular flexibility index (Phi) is 5.78. The second-order valence-corrected chi connectivity index (χ2v) is 7.02. The van der Waals surface area contributed by atoms with Crippen LogP contribution >= 0.6 is 0 Å². The van der Waals surface area contributed by atoms with Gasteiger partial charge in [-0.15, -0.1) is 0 Å². The number of aromatic nitrogens is 2. The molecule has 0 saturated carbocycles. The highest BCUT2D eigenvalue weighted by Gasteiger charge is 2.15. The lowest BCUT2D eigenvalue weighted by atomic mass is 9.96. The first-order chi connectivity index (χ1) is 13.4. The van der Waals surface area contributed by atoms with Gasteiger partial charge in [-0.1, -0.05) is 12.1 Å². The van der Waals surface area contributed by atoms with Gasteiger partial charge >= 0.3 is 0 Å². The number of hydrogen-bond donors (Lipinski definition) is 0. The van der Waals surface area contributed by atoms with E-state index in [1.54, 1.807) is 12.4 Å². The third-order valence-corrected chi connectivity index (χ3v) is 5.18. The summed E-state index contributed by atoms with van der Waals surface area (Å²) in [7, 11) is 0. The molecule has 0 aliphatic carbocycles. The van der Waals surface area contributed by atoms with E-state index in [0.29, 0.717) is 0 Å². The van der Waals surface area contributed by atoms with E-state index < -0.39 is 0 Å². The van der Waals surface area contributed by atoms with Crippen LogP contribution in [0.25, 0.3) is 0 Å². The molecule has 0 aliphatic heterocycles. The second-order valence-electron chi connectivity index (χ2n) is 7.02. The Morgan fingerprint density at radius 2 is 0.964 bits per heavy atom. The van der Waals surface area contributed by atoms with Crippen LogP contribution in [0, 0.1) is 27.7 Å². The maximum absolute atomic E-state index is 4.92. The number of hydrogen-bond acceptors (Lipinski definition) is 4. The lowest BCUT2D eigenvalue weighted by Crippen LogP contribution is -2.01. The van der Waals surface area contributed by atoms with Crippen molar-refractivity contribution in [1.82, 2.24) is 9.97 Å². The third-order valence-electron chi connectivity index (χ3n) is 5.18. The van der Waals surface area contributed by atoms with Crippen molar-refractivity contribution < 1.29 is 0 Å². The van der Waals surface area contributed by atoms with E-state index in [0.717, 1.165) is 56.4 Å². The topological polar surface area (TPSA) is 50.5 Å². The molecule has 0 fully saturated rings. The van der Waals surface area contributed by atoms with Crippen LogP contribution in [0.2, 0.25) is 0 Å². The zero-order chi connectivity index (χ0) is 20.3. The van der Waals surface area contributed by atoms with Crippen LogP contribution < -0.4 is 0 Å². The molecule has 4 nitrogen and oxygen atoms in total. The fourth-order valence-electron chi connectivity index (χ4n) is 3.21. The van der Waals surface area contributed by atoms with Gasteiger partial charge in [-0.3, -0.25) is 20.0 Å². The summed E-state index contributed by atoms with van der Waals surface area (Å²) in [5.41, 5.74) is 10.2. The van der Waals surface area contributed by atoms with Crippen LogP contribution in [0.5, 0.6) is 0 Å². The first kappa shape index (κ1) is 19.6. The van der Waals surface area contributed by atoms with Crippen LogP contribution in [0.3, 0.4) is 0 Å². The van der Waals surface area contributed by atoms with E-state index in [1.807, 2.05) is 50.2 Å². The van der Waals surface area contributed by atoms with Crippen LogP contribution in [-0.4, -0.2) is 21.4 Å². The first-order valence-corrected chi connectivity index (χ1v) is 9.44. The summed E-state index contributed by atoms with van der Waals surface area (Å²) >= 11 is 0. The van der Waals surface area contributed by atoms with Gasteiger partial charge in [0.1, 0.15) is 0 Å². The van der Waals surface area contributed by atoms with Crippen molar-refractivity contribution in [2.24, 2.45) is 9.98 Å². The van der Waals surface area contributed by atoms with Gasteiger partial charge in [-0.25, -0.2) is 0 Å². The van der Waals surface area contributed by atoms with E-state index in [1.165, 1.54) is 0 Å². The van der Waals surface area contributed by atoms with Gasteiger partial charge < -0.3 is 0 Å². The average Bonchev–Trinajstić information content (AvgIpc) is 2.73. The Hall–Kier alpha value is -3.14. The predicted molar refractivity (Wildman–Crippen MR) is 118 cm³/mol. The molecule has 28 heavy (non-hydrogen) atoms. The van der Waals surface area contributed by atoms with Gasteiger partial charge in [-0.2, -0.15) is 0 Å². The molecular formula is C24H26N4. The fraction of sp³-hybridized carbons (Fsp3) is 0.250. The quantitative estimate of drug-likeness (QED) is 0.530. The summed E-state index contributed by atoms with van der Waals surface area (Å²) < 4.78 is 0. The minimum atomic E-state index is 0.893. The van der Waals surface area contributed by atoms with Crippen LogP contribution in [0.1, 0.15) is 47.5 Å². The van der Waals surface area contributed by atoms with E-state index >= 15 is 0 Å². The SMILES string of the molecule is CC(=Nc1c(C)c(C)c(N=C(C)c2ccccn2)c(C)c1C)c1ccccn1. The molecule has 3 aromatic rings. The van der Waals surface area contributed by atoms with E-state index in [-0.39, 0.29) is 0 Å². The van der Waals surface area contributed by atoms with Crippen molar-refractivity contribution in [2.75, 3.05) is 0 Å². The van der Waals surface area contributed by atoms with Crippen molar-refractivity contribution in [1.29, 1.82) is 0 Å². The molecule has 4 heteroatoms. The van der Waals surface area contributed by atoms with Gasteiger partial charge in [0.25, 0.3) is 0 Å². The zero-order valence-corrected chi connectivity index (χ0v) is 17.4. The highest BCUT2D eigenvalue weighted by molar-refractivity contribution is 6.00. The summed E-state index contributed by atoms with van der Waals surface area (Å²) in [5, 5.41) is 0. The Balaban J connectivity index is 2.10. The highest BCUT2D eigenvalue weighted by atomic mass is 14.8. The minimum absolute atomic E-state index is 0.893. The molecule has 0 atom stereocenters. The van der Waals surface area contributed by atoms with Crippen molar-refractivity contribution >= 4 is 22.8 Å². The summed E-state index contributed by atoms with van der Waals surface area (Å²) in [4.78, 5) is 18.7. The lowest BCUT2D eigenvalue weighted by Gasteiger charge is -2.17. The Bertz CT molecular complexity index is 933. The number of rotatable bonds is 4. The molecule has 0 amide bonds. The summed E-state index contributed by atoms with van der Waals surface area (Å²) in [6.45, 7) is 12.5. The van der Waals surface area contributed by atoms with Crippen LogP contribution in [0.15, 0.2) is 58.8 Å². The second kappa shape index (κ2) is 8.26. The average molecular weight is 371 g/mol. The van der Waals surface area contributed by atoms with Gasteiger partial charge in [0.2, 0.25) is 0 Å². The lowest BCUT2D eigenvalue weighted by molar-refractivity contribution is 1.19. The molecule has 0 radical (unpaired) electrons. The van der Waals surface area contributed by atoms with Crippen molar-refractivity contribution in [3.8, 4) is 0 Å². The molecular weight excluding hydrogens is 344 g/mol. The highest BCUT2D eigenvalue weighted by Crippen LogP contribution is 2.38. The van der Waals surface area contributed by atoms with E-state index in [9.17, 15) is 0 Å². The summed E-state index contributed by atoms with van der Waals surface area (Å²) in [5.74, 6) is 0. The summed E-state index contributed by atoms with van der Waals surface area (Å²) in [6, 6.07) is 11.8. The van der Waals surface area contributed by atoms with Crippen LogP contribution in [-0.2, 0) is 0 Å². The molecule has 0 N–H and O–H groups in total. The Morgan fingerprint density at radius 1 is 0.607 bits per heavy atom. The maximum atomic E-state index is 4.92. The predicted octanol–water partition coefficient (Wildman–Crippen LogP) is 5.99. The third kappa shape index (κ3) is 3.91. The molecule has 142 valence electrons. The molecule has 0 aliphatic rings. The molecule has 1 aromatic carbocycles. The molecule has 2 aromatic heterocycles. The molecule has 0 unspecified atom stereocenters. The number of nitrogens with zero attached hydrogens (tertiary/aromatic N) is 4. The standard InChI is InChI=1S/C24H26N4/c1-15-16(2)24(28-20(6)22-12-8-10-14-26-22)18(4)17(3)23(15)27-19(5)21-11-7-9-13-25-21/h7-14H,1-6H3. The monoisotopic (exact) mass is 370 g/mol. The molecule has 0 bridgehead atoms. The fourth-order valence-corrected chi connectivity index (χ4v) is 3.21.